The molecule has 0 spiro atoms. The maximum Gasteiger partial charge on any atom is 0.208 e. The van der Waals surface area contributed by atoms with Gasteiger partial charge in [-0.3, -0.25) is 5.10 Å². The van der Waals surface area contributed by atoms with Crippen LogP contribution in [0.1, 0.15) is 17.2 Å². The molecule has 2 rings (SSSR count). The highest BCUT2D eigenvalue weighted by atomic mass is 32.2. The second-order valence-corrected chi connectivity index (χ2v) is 3.73. The first-order valence-corrected chi connectivity index (χ1v) is 5.04. The number of nitrogens with zero attached hydrogens (tertiary/aromatic N) is 4. The van der Waals surface area contributed by atoms with Crippen molar-refractivity contribution >= 4 is 11.8 Å². The third-order valence-corrected chi connectivity index (χ3v) is 2.52. The Labute approximate surface area is 84.5 Å². The van der Waals surface area contributed by atoms with Crippen molar-refractivity contribution in [1.82, 2.24) is 25.5 Å². The SMILES string of the molecule is Cc1nc(SCc2nonc2C)n[nH]1. The van der Waals surface area contributed by atoms with Gasteiger partial charge in [-0.25, -0.2) is 9.61 Å². The lowest BCUT2D eigenvalue weighted by Crippen LogP contribution is -1.85. The predicted octanol–water partition coefficient (Wildman–Crippen LogP) is 1.10. The first kappa shape index (κ1) is 9.20. The third-order valence-electron chi connectivity index (χ3n) is 1.66. The maximum absolute atomic E-state index is 4.58. The lowest BCUT2D eigenvalue weighted by molar-refractivity contribution is 0.302. The van der Waals surface area contributed by atoms with E-state index in [0.29, 0.717) is 10.9 Å². The molecule has 0 saturated carbocycles. The number of rotatable bonds is 3. The van der Waals surface area contributed by atoms with Crippen molar-refractivity contribution in [3.05, 3.63) is 17.2 Å². The second-order valence-electron chi connectivity index (χ2n) is 2.79. The van der Waals surface area contributed by atoms with Gasteiger partial charge in [0.25, 0.3) is 0 Å². The molecule has 0 amide bonds. The van der Waals surface area contributed by atoms with Crippen molar-refractivity contribution in [2.24, 2.45) is 0 Å². The average Bonchev–Trinajstić information content (AvgIpc) is 2.72. The Balaban J connectivity index is 1.98. The van der Waals surface area contributed by atoms with Gasteiger partial charge in [-0.15, -0.1) is 5.10 Å². The summed E-state index contributed by atoms with van der Waals surface area (Å²) in [4.78, 5) is 4.16. The topological polar surface area (TPSA) is 80.5 Å². The standard InChI is InChI=1S/C7H9N5OS/c1-4-6(12-13-11-4)3-14-7-8-5(2)9-10-7/h3H2,1-2H3,(H,8,9,10). The summed E-state index contributed by atoms with van der Waals surface area (Å²) in [7, 11) is 0. The number of aromatic nitrogens is 5. The molecule has 0 aliphatic heterocycles. The van der Waals surface area contributed by atoms with Crippen LogP contribution in [0.25, 0.3) is 0 Å². The monoisotopic (exact) mass is 211 g/mol. The molecule has 2 aromatic rings. The van der Waals surface area contributed by atoms with Crippen LogP contribution in [0.15, 0.2) is 9.79 Å². The molecule has 0 bridgehead atoms. The highest BCUT2D eigenvalue weighted by Crippen LogP contribution is 2.18. The summed E-state index contributed by atoms with van der Waals surface area (Å²) >= 11 is 1.50. The Morgan fingerprint density at radius 2 is 2.21 bits per heavy atom. The molecule has 2 heterocycles. The molecule has 0 fully saturated rings. The summed E-state index contributed by atoms with van der Waals surface area (Å²) in [5.41, 5.74) is 1.64. The summed E-state index contributed by atoms with van der Waals surface area (Å²) < 4.78 is 4.58. The second kappa shape index (κ2) is 3.79. The van der Waals surface area contributed by atoms with Crippen LogP contribution in [0.4, 0.5) is 0 Å². The van der Waals surface area contributed by atoms with Gasteiger partial charge in [-0.2, -0.15) is 0 Å². The minimum absolute atomic E-state index is 0.673. The number of hydrogen-bond donors (Lipinski definition) is 1. The van der Waals surface area contributed by atoms with Gasteiger partial charge in [0.15, 0.2) is 0 Å². The van der Waals surface area contributed by atoms with E-state index in [0.717, 1.165) is 17.2 Å². The Morgan fingerprint density at radius 3 is 2.79 bits per heavy atom. The fourth-order valence-electron chi connectivity index (χ4n) is 0.900. The van der Waals surface area contributed by atoms with Gasteiger partial charge in [-0.1, -0.05) is 22.1 Å². The Bertz CT molecular complexity index is 423. The summed E-state index contributed by atoms with van der Waals surface area (Å²) in [6, 6.07) is 0. The summed E-state index contributed by atoms with van der Waals surface area (Å²) in [5.74, 6) is 1.48. The molecule has 0 aromatic carbocycles. The third kappa shape index (κ3) is 1.92. The van der Waals surface area contributed by atoms with E-state index in [1.165, 1.54) is 11.8 Å². The molecule has 0 aliphatic rings. The molecule has 7 heteroatoms. The Hall–Kier alpha value is -1.37. The lowest BCUT2D eigenvalue weighted by Gasteiger charge is -1.90. The highest BCUT2D eigenvalue weighted by Gasteiger charge is 2.07. The summed E-state index contributed by atoms with van der Waals surface area (Å²) in [6.45, 7) is 3.72. The number of hydrogen-bond acceptors (Lipinski definition) is 6. The van der Waals surface area contributed by atoms with Gasteiger partial charge in [0.1, 0.15) is 17.2 Å². The zero-order chi connectivity index (χ0) is 9.97. The van der Waals surface area contributed by atoms with Crippen molar-refractivity contribution in [3.8, 4) is 0 Å². The van der Waals surface area contributed by atoms with Crippen LogP contribution in [-0.4, -0.2) is 25.5 Å². The highest BCUT2D eigenvalue weighted by molar-refractivity contribution is 7.98. The molecule has 6 nitrogen and oxygen atoms in total. The molecule has 1 N–H and O–H groups in total. The van der Waals surface area contributed by atoms with Crippen molar-refractivity contribution in [2.75, 3.05) is 0 Å². The number of nitrogens with one attached hydrogen (secondary N) is 1. The molecule has 0 unspecified atom stereocenters. The van der Waals surface area contributed by atoms with E-state index in [4.69, 9.17) is 0 Å². The first-order valence-electron chi connectivity index (χ1n) is 4.05. The van der Waals surface area contributed by atoms with Crippen molar-refractivity contribution in [1.29, 1.82) is 0 Å². The Kier molecular flexibility index (Phi) is 2.49. The minimum Gasteiger partial charge on any atom is -0.262 e. The Morgan fingerprint density at radius 1 is 1.36 bits per heavy atom. The van der Waals surface area contributed by atoms with E-state index < -0.39 is 0 Å². The zero-order valence-electron chi connectivity index (χ0n) is 7.81. The van der Waals surface area contributed by atoms with Gasteiger partial charge in [0, 0.05) is 5.75 Å². The van der Waals surface area contributed by atoms with Gasteiger partial charge in [-0.05, 0) is 13.8 Å². The maximum atomic E-state index is 4.58. The quantitative estimate of drug-likeness (QED) is 0.765. The predicted molar refractivity (Wildman–Crippen MR) is 49.7 cm³/mol. The number of aromatic amines is 1. The van der Waals surface area contributed by atoms with E-state index >= 15 is 0 Å². The van der Waals surface area contributed by atoms with E-state index in [1.54, 1.807) is 0 Å². The van der Waals surface area contributed by atoms with Gasteiger partial charge in [0.2, 0.25) is 5.16 Å². The van der Waals surface area contributed by atoms with Gasteiger partial charge < -0.3 is 0 Å². The largest absolute Gasteiger partial charge is 0.262 e. The molecule has 74 valence electrons. The molecule has 0 atom stereocenters. The molecule has 14 heavy (non-hydrogen) atoms. The van der Waals surface area contributed by atoms with Crippen LogP contribution < -0.4 is 0 Å². The van der Waals surface area contributed by atoms with Gasteiger partial charge >= 0.3 is 0 Å². The molecular weight excluding hydrogens is 202 g/mol. The molecule has 0 radical (unpaired) electrons. The first-order chi connectivity index (χ1) is 6.75. The van der Waals surface area contributed by atoms with Crippen LogP contribution in [0.2, 0.25) is 0 Å². The van der Waals surface area contributed by atoms with Crippen LogP contribution in [0.3, 0.4) is 0 Å². The van der Waals surface area contributed by atoms with Crippen LogP contribution >= 0.6 is 11.8 Å². The number of H-pyrrole nitrogens is 1. The van der Waals surface area contributed by atoms with E-state index in [9.17, 15) is 0 Å². The molecule has 0 saturated heterocycles. The van der Waals surface area contributed by atoms with Crippen LogP contribution in [-0.2, 0) is 5.75 Å². The van der Waals surface area contributed by atoms with E-state index in [2.05, 4.69) is 30.1 Å². The van der Waals surface area contributed by atoms with Crippen LogP contribution in [0.5, 0.6) is 0 Å². The molecular formula is C7H9N5OS. The van der Waals surface area contributed by atoms with Crippen LogP contribution in [0, 0.1) is 13.8 Å². The summed E-state index contributed by atoms with van der Waals surface area (Å²) in [6.07, 6.45) is 0. The summed E-state index contributed by atoms with van der Waals surface area (Å²) in [5, 5.41) is 14.9. The van der Waals surface area contributed by atoms with Crippen molar-refractivity contribution < 1.29 is 4.63 Å². The van der Waals surface area contributed by atoms with E-state index in [1.807, 2.05) is 13.8 Å². The lowest BCUT2D eigenvalue weighted by atomic mass is 10.4. The average molecular weight is 211 g/mol. The fraction of sp³-hybridized carbons (Fsp3) is 0.429. The molecule has 2 aromatic heterocycles. The smallest absolute Gasteiger partial charge is 0.208 e. The van der Waals surface area contributed by atoms with E-state index in [-0.39, 0.29) is 0 Å². The number of thioether (sulfide) groups is 1. The minimum atomic E-state index is 0.673. The van der Waals surface area contributed by atoms with Crippen molar-refractivity contribution in [2.45, 2.75) is 24.8 Å². The van der Waals surface area contributed by atoms with Gasteiger partial charge in [0.05, 0.1) is 0 Å². The molecule has 0 aliphatic carbocycles. The number of aryl methyl sites for hydroxylation is 2. The normalized spacial score (nSPS) is 10.7. The zero-order valence-corrected chi connectivity index (χ0v) is 8.63. The van der Waals surface area contributed by atoms with Crippen molar-refractivity contribution in [3.63, 3.8) is 0 Å². The fourth-order valence-corrected chi connectivity index (χ4v) is 1.74.